The van der Waals surface area contributed by atoms with Gasteiger partial charge in [0.05, 0.1) is 42.1 Å². The number of ether oxygens (including phenoxy) is 2. The number of anilines is 2. The number of para-hydroxylation sites is 3. The molecule has 8 nitrogen and oxygen atoms in total. The second-order valence-electron chi connectivity index (χ2n) is 8.60. The Labute approximate surface area is 202 Å². The number of ketones is 1. The summed E-state index contributed by atoms with van der Waals surface area (Å²) in [6.07, 6.45) is 0.856. The van der Waals surface area contributed by atoms with Gasteiger partial charge in [0.1, 0.15) is 0 Å². The van der Waals surface area contributed by atoms with Gasteiger partial charge >= 0.3 is 0 Å². The maximum absolute atomic E-state index is 13.7. The van der Waals surface area contributed by atoms with Crippen LogP contribution in [0.25, 0.3) is 0 Å². The van der Waals surface area contributed by atoms with Crippen LogP contribution in [-0.4, -0.2) is 24.9 Å². The average Bonchev–Trinajstić information content (AvgIpc) is 3.05. The van der Waals surface area contributed by atoms with Crippen molar-refractivity contribution >= 4 is 22.8 Å². The molecule has 2 N–H and O–H groups in total. The number of benzene rings is 3. The van der Waals surface area contributed by atoms with Crippen LogP contribution < -0.4 is 20.1 Å². The van der Waals surface area contributed by atoms with Crippen LogP contribution >= 0.6 is 0 Å². The first-order chi connectivity index (χ1) is 17.0. The van der Waals surface area contributed by atoms with E-state index >= 15 is 0 Å². The molecule has 0 saturated heterocycles. The molecule has 2 aliphatic rings. The van der Waals surface area contributed by atoms with Crippen molar-refractivity contribution in [2.45, 2.75) is 24.8 Å². The largest absolute Gasteiger partial charge is 0.493 e. The zero-order valence-electron chi connectivity index (χ0n) is 19.4. The molecule has 1 heterocycles. The van der Waals surface area contributed by atoms with Gasteiger partial charge in [-0.2, -0.15) is 0 Å². The monoisotopic (exact) mass is 471 g/mol. The fourth-order valence-electron chi connectivity index (χ4n) is 4.97. The molecule has 0 bridgehead atoms. The minimum atomic E-state index is -0.651. The first-order valence-corrected chi connectivity index (χ1v) is 11.3. The molecule has 0 fully saturated rings. The molecule has 0 radical (unpaired) electrons. The summed E-state index contributed by atoms with van der Waals surface area (Å²) >= 11 is 0. The molecule has 2 atom stereocenters. The molecule has 3 aromatic rings. The van der Waals surface area contributed by atoms with Crippen LogP contribution in [0.3, 0.4) is 0 Å². The van der Waals surface area contributed by atoms with E-state index in [0.717, 1.165) is 22.6 Å². The van der Waals surface area contributed by atoms with E-state index < -0.39 is 11.0 Å². The van der Waals surface area contributed by atoms with E-state index in [0.29, 0.717) is 29.1 Å². The predicted octanol–water partition coefficient (Wildman–Crippen LogP) is 5.59. The van der Waals surface area contributed by atoms with Crippen molar-refractivity contribution in [2.75, 3.05) is 24.9 Å². The summed E-state index contributed by atoms with van der Waals surface area (Å²) in [6, 6.07) is 19.3. The third-order valence-corrected chi connectivity index (χ3v) is 6.63. The Morgan fingerprint density at radius 3 is 2.37 bits per heavy atom. The van der Waals surface area contributed by atoms with E-state index in [1.165, 1.54) is 6.07 Å². The van der Waals surface area contributed by atoms with Gasteiger partial charge in [0.25, 0.3) is 5.69 Å². The lowest BCUT2D eigenvalue weighted by atomic mass is 9.78. The number of nitrogens with zero attached hydrogens (tertiary/aromatic N) is 1. The lowest BCUT2D eigenvalue weighted by molar-refractivity contribution is -0.385. The van der Waals surface area contributed by atoms with Crippen LogP contribution in [0.2, 0.25) is 0 Å². The first kappa shape index (κ1) is 22.5. The van der Waals surface area contributed by atoms with Gasteiger partial charge in [0.15, 0.2) is 17.3 Å². The Kier molecular flexibility index (Phi) is 5.86. The van der Waals surface area contributed by atoms with Crippen molar-refractivity contribution in [3.8, 4) is 11.5 Å². The summed E-state index contributed by atoms with van der Waals surface area (Å²) in [5.74, 6) is 1.10. The lowest BCUT2D eigenvalue weighted by Crippen LogP contribution is -2.27. The predicted molar refractivity (Wildman–Crippen MR) is 133 cm³/mol. The number of hydrogen-bond acceptors (Lipinski definition) is 7. The second kappa shape index (κ2) is 9.13. The van der Waals surface area contributed by atoms with Crippen LogP contribution in [0.5, 0.6) is 11.5 Å². The van der Waals surface area contributed by atoms with E-state index in [2.05, 4.69) is 10.6 Å². The molecule has 178 valence electrons. The number of carbonyl (C=O) groups excluding carboxylic acids is 1. The number of hydrogen-bond donors (Lipinski definition) is 2. The number of allylic oxidation sites excluding steroid dienone is 1. The van der Waals surface area contributed by atoms with Crippen LogP contribution in [-0.2, 0) is 4.79 Å². The third kappa shape index (κ3) is 4.07. The smallest absolute Gasteiger partial charge is 0.275 e. The van der Waals surface area contributed by atoms with E-state index in [1.54, 1.807) is 32.4 Å². The summed E-state index contributed by atoms with van der Waals surface area (Å²) in [7, 11) is 3.17. The summed E-state index contributed by atoms with van der Waals surface area (Å²) in [5, 5.41) is 18.7. The fourth-order valence-corrected chi connectivity index (χ4v) is 4.97. The molecule has 0 amide bonds. The zero-order valence-corrected chi connectivity index (χ0v) is 19.4. The Morgan fingerprint density at radius 2 is 1.63 bits per heavy atom. The number of methoxy groups -OCH3 is 2. The van der Waals surface area contributed by atoms with Gasteiger partial charge in [0, 0.05) is 23.8 Å². The standard InChI is InChI=1S/C27H25N3O5/c1-34-24-12-11-16(15-25(24)35-2)17-13-21-26(23(31)14-17)27(18-7-3-6-10-22(18)30(32)33)29-20-9-5-4-8-19(20)28-21/h3-12,15,17,27-29H,13-14H2,1-2H3/t17-,27+/m0/s1. The fraction of sp³-hybridized carbons (Fsp3) is 0.222. The quantitative estimate of drug-likeness (QED) is 0.369. The SMILES string of the molecule is COc1ccc([C@@H]2CC(=O)C3=C(C2)Nc2ccccc2N[C@@H]3c2ccccc2[N+](=O)[O-])cc1OC. The van der Waals surface area contributed by atoms with E-state index in [1.807, 2.05) is 42.5 Å². The van der Waals surface area contributed by atoms with Crippen molar-refractivity contribution in [2.24, 2.45) is 0 Å². The molecule has 35 heavy (non-hydrogen) atoms. The number of nitro groups is 1. The molecule has 0 unspecified atom stereocenters. The maximum atomic E-state index is 13.7. The number of rotatable bonds is 5. The molecule has 1 aliphatic heterocycles. The number of carbonyl (C=O) groups is 1. The van der Waals surface area contributed by atoms with Crippen molar-refractivity contribution in [1.29, 1.82) is 0 Å². The lowest BCUT2D eigenvalue weighted by Gasteiger charge is -2.30. The van der Waals surface area contributed by atoms with Gasteiger partial charge in [0.2, 0.25) is 0 Å². The van der Waals surface area contributed by atoms with Crippen LogP contribution in [0, 0.1) is 10.1 Å². The summed E-state index contributed by atoms with van der Waals surface area (Å²) in [4.78, 5) is 25.1. The highest BCUT2D eigenvalue weighted by atomic mass is 16.6. The molecule has 0 aromatic heterocycles. The number of fused-ring (bicyclic) bond motifs is 1. The van der Waals surface area contributed by atoms with Crippen molar-refractivity contribution in [1.82, 2.24) is 0 Å². The summed E-state index contributed by atoms with van der Waals surface area (Å²) in [5.41, 5.74) is 4.31. The highest BCUT2D eigenvalue weighted by molar-refractivity contribution is 6.01. The van der Waals surface area contributed by atoms with E-state index in [-0.39, 0.29) is 23.8 Å². The van der Waals surface area contributed by atoms with Gasteiger partial charge in [-0.25, -0.2) is 0 Å². The average molecular weight is 472 g/mol. The Balaban J connectivity index is 1.62. The number of nitrogens with one attached hydrogen (secondary N) is 2. The zero-order chi connectivity index (χ0) is 24.5. The van der Waals surface area contributed by atoms with Crippen molar-refractivity contribution < 1.29 is 19.2 Å². The molecule has 3 aromatic carbocycles. The van der Waals surface area contributed by atoms with Crippen LogP contribution in [0.4, 0.5) is 17.1 Å². The molecule has 0 spiro atoms. The Hall–Kier alpha value is -4.33. The minimum Gasteiger partial charge on any atom is -0.493 e. The normalized spacial score (nSPS) is 19.0. The second-order valence-corrected chi connectivity index (χ2v) is 8.60. The third-order valence-electron chi connectivity index (χ3n) is 6.63. The molecular formula is C27H25N3O5. The van der Waals surface area contributed by atoms with Crippen LogP contribution in [0.15, 0.2) is 78.0 Å². The molecule has 5 rings (SSSR count). The van der Waals surface area contributed by atoms with E-state index in [9.17, 15) is 14.9 Å². The van der Waals surface area contributed by atoms with Crippen LogP contribution in [0.1, 0.15) is 35.9 Å². The van der Waals surface area contributed by atoms with Gasteiger partial charge < -0.3 is 20.1 Å². The number of nitro benzene ring substituents is 1. The Morgan fingerprint density at radius 1 is 0.914 bits per heavy atom. The maximum Gasteiger partial charge on any atom is 0.275 e. The van der Waals surface area contributed by atoms with Gasteiger partial charge in [-0.3, -0.25) is 14.9 Å². The summed E-state index contributed by atoms with van der Waals surface area (Å²) in [6.45, 7) is 0. The van der Waals surface area contributed by atoms with Crippen molar-refractivity contribution in [3.05, 3.63) is 99.2 Å². The van der Waals surface area contributed by atoms with Gasteiger partial charge in [-0.05, 0) is 48.2 Å². The molecule has 0 saturated carbocycles. The number of Topliss-reactive ketones (excluding diaryl/α,β-unsaturated/α-hetero) is 1. The highest BCUT2D eigenvalue weighted by Gasteiger charge is 2.38. The molecule has 8 heteroatoms. The highest BCUT2D eigenvalue weighted by Crippen LogP contribution is 2.46. The van der Waals surface area contributed by atoms with E-state index in [4.69, 9.17) is 9.47 Å². The van der Waals surface area contributed by atoms with Crippen molar-refractivity contribution in [3.63, 3.8) is 0 Å². The van der Waals surface area contributed by atoms with Gasteiger partial charge in [-0.15, -0.1) is 0 Å². The molecular weight excluding hydrogens is 446 g/mol. The summed E-state index contributed by atoms with van der Waals surface area (Å²) < 4.78 is 10.8. The Bertz CT molecular complexity index is 1350. The van der Waals surface area contributed by atoms with Gasteiger partial charge in [-0.1, -0.05) is 30.3 Å². The topological polar surface area (TPSA) is 103 Å². The first-order valence-electron chi connectivity index (χ1n) is 11.3. The molecule has 1 aliphatic carbocycles. The minimum absolute atomic E-state index is 0.0222.